The van der Waals surface area contributed by atoms with Gasteiger partial charge in [0.25, 0.3) is 5.91 Å². The molecule has 2 atom stereocenters. The first-order valence-corrected chi connectivity index (χ1v) is 8.91. The van der Waals surface area contributed by atoms with Gasteiger partial charge in [0, 0.05) is 12.0 Å². The van der Waals surface area contributed by atoms with Gasteiger partial charge in [-0.1, -0.05) is 36.4 Å². The summed E-state index contributed by atoms with van der Waals surface area (Å²) in [6.07, 6.45) is 2.66. The smallest absolute Gasteiger partial charge is 0.251 e. The molecule has 26 heavy (non-hydrogen) atoms. The third-order valence-corrected chi connectivity index (χ3v) is 5.20. The Balaban J connectivity index is 1.40. The van der Waals surface area contributed by atoms with Gasteiger partial charge in [-0.2, -0.15) is 0 Å². The van der Waals surface area contributed by atoms with Crippen molar-refractivity contribution in [1.82, 2.24) is 10.6 Å². The zero-order valence-electron chi connectivity index (χ0n) is 14.3. The highest BCUT2D eigenvalue weighted by atomic mass is 16.2. The van der Waals surface area contributed by atoms with E-state index < -0.39 is 0 Å². The molecule has 2 N–H and O–H groups in total. The number of carbonyl (C=O) groups is 3. The van der Waals surface area contributed by atoms with E-state index in [9.17, 15) is 14.4 Å². The van der Waals surface area contributed by atoms with Crippen molar-refractivity contribution in [1.29, 1.82) is 0 Å². The van der Waals surface area contributed by atoms with Gasteiger partial charge in [-0.05, 0) is 48.1 Å². The van der Waals surface area contributed by atoms with Crippen LogP contribution >= 0.6 is 0 Å². The van der Waals surface area contributed by atoms with Crippen LogP contribution in [0.3, 0.4) is 0 Å². The van der Waals surface area contributed by atoms with Crippen molar-refractivity contribution < 1.29 is 14.4 Å². The first kappa shape index (κ1) is 16.5. The van der Waals surface area contributed by atoms with Crippen molar-refractivity contribution in [2.45, 2.75) is 31.7 Å². The highest BCUT2D eigenvalue weighted by Crippen LogP contribution is 2.30. The SMILES string of the molecule is O=C1C[C@@H](Cc2ccc(C(=O)N[C@@H]3CCc4ccccc43)cc2)C(=O)N1. The van der Waals surface area contributed by atoms with Crippen LogP contribution in [0, 0.1) is 5.92 Å². The lowest BCUT2D eigenvalue weighted by molar-refractivity contribution is -0.125. The molecule has 2 aromatic rings. The maximum atomic E-state index is 12.5. The predicted octanol–water partition coefficient (Wildman–Crippen LogP) is 2.31. The Morgan fingerprint density at radius 1 is 1.08 bits per heavy atom. The summed E-state index contributed by atoms with van der Waals surface area (Å²) < 4.78 is 0. The standard InChI is InChI=1S/C21H20N2O3/c24-19-12-16(21(26)23-19)11-13-5-7-15(8-6-13)20(25)22-18-10-9-14-3-1-2-4-17(14)18/h1-8,16,18H,9-12H2,(H,22,25)(H,23,24,26)/t16-,18-/m1/s1. The molecule has 1 aliphatic heterocycles. The summed E-state index contributed by atoms with van der Waals surface area (Å²) in [7, 11) is 0. The van der Waals surface area contributed by atoms with Gasteiger partial charge in [0.05, 0.1) is 12.0 Å². The largest absolute Gasteiger partial charge is 0.345 e. The van der Waals surface area contributed by atoms with E-state index in [-0.39, 0.29) is 36.1 Å². The highest BCUT2D eigenvalue weighted by Gasteiger charge is 2.30. The second kappa shape index (κ2) is 6.75. The molecule has 1 saturated heterocycles. The molecule has 1 aliphatic carbocycles. The van der Waals surface area contributed by atoms with Gasteiger partial charge in [0.2, 0.25) is 11.8 Å². The number of rotatable bonds is 4. The van der Waals surface area contributed by atoms with E-state index in [1.807, 2.05) is 24.3 Å². The average Bonchev–Trinajstić information content (AvgIpc) is 3.18. The van der Waals surface area contributed by atoms with Crippen LogP contribution in [0.1, 0.15) is 45.9 Å². The molecular weight excluding hydrogens is 328 g/mol. The molecule has 5 heteroatoms. The zero-order valence-corrected chi connectivity index (χ0v) is 14.3. The molecule has 0 aromatic heterocycles. The fraction of sp³-hybridized carbons (Fsp3) is 0.286. The number of hydrogen-bond acceptors (Lipinski definition) is 3. The van der Waals surface area contributed by atoms with Crippen molar-refractivity contribution >= 4 is 17.7 Å². The second-order valence-corrected chi connectivity index (χ2v) is 6.98. The first-order valence-electron chi connectivity index (χ1n) is 8.91. The number of hydrogen-bond donors (Lipinski definition) is 2. The zero-order chi connectivity index (χ0) is 18.1. The van der Waals surface area contributed by atoms with Crippen molar-refractivity contribution in [2.75, 3.05) is 0 Å². The van der Waals surface area contributed by atoms with E-state index in [1.165, 1.54) is 11.1 Å². The molecule has 1 heterocycles. The Hall–Kier alpha value is -2.95. The monoisotopic (exact) mass is 348 g/mol. The van der Waals surface area contributed by atoms with Crippen LogP contribution in [-0.4, -0.2) is 17.7 Å². The number of carbonyl (C=O) groups excluding carboxylic acids is 3. The topological polar surface area (TPSA) is 75.3 Å². The van der Waals surface area contributed by atoms with E-state index in [4.69, 9.17) is 0 Å². The molecule has 2 aromatic carbocycles. The van der Waals surface area contributed by atoms with Crippen molar-refractivity contribution in [2.24, 2.45) is 5.92 Å². The Morgan fingerprint density at radius 2 is 1.85 bits per heavy atom. The molecule has 0 saturated carbocycles. The summed E-state index contributed by atoms with van der Waals surface area (Å²) in [6.45, 7) is 0. The Labute approximate surface area is 151 Å². The molecule has 5 nitrogen and oxygen atoms in total. The van der Waals surface area contributed by atoms with E-state index >= 15 is 0 Å². The lowest BCUT2D eigenvalue weighted by Gasteiger charge is -2.14. The van der Waals surface area contributed by atoms with Crippen LogP contribution < -0.4 is 10.6 Å². The summed E-state index contributed by atoms with van der Waals surface area (Å²) in [6, 6.07) is 15.5. The minimum absolute atomic E-state index is 0.0616. The van der Waals surface area contributed by atoms with Gasteiger partial charge in [0.15, 0.2) is 0 Å². The van der Waals surface area contributed by atoms with Crippen molar-refractivity contribution in [3.63, 3.8) is 0 Å². The van der Waals surface area contributed by atoms with Crippen molar-refractivity contribution in [3.05, 3.63) is 70.8 Å². The van der Waals surface area contributed by atoms with Gasteiger partial charge in [-0.3, -0.25) is 19.7 Å². The number of benzene rings is 2. The summed E-state index contributed by atoms with van der Waals surface area (Å²) in [5.74, 6) is -0.825. The fourth-order valence-corrected chi connectivity index (χ4v) is 3.80. The minimum Gasteiger partial charge on any atom is -0.345 e. The number of amides is 3. The fourth-order valence-electron chi connectivity index (χ4n) is 3.80. The van der Waals surface area contributed by atoms with Crippen LogP contribution in [0.15, 0.2) is 48.5 Å². The molecular formula is C21H20N2O3. The van der Waals surface area contributed by atoms with Gasteiger partial charge < -0.3 is 5.32 Å². The Morgan fingerprint density at radius 3 is 2.58 bits per heavy atom. The van der Waals surface area contributed by atoms with Crippen LogP contribution in [0.5, 0.6) is 0 Å². The van der Waals surface area contributed by atoms with E-state index in [0.717, 1.165) is 18.4 Å². The molecule has 3 amide bonds. The Kier molecular flexibility index (Phi) is 4.29. The summed E-state index contributed by atoms with van der Waals surface area (Å²) in [5, 5.41) is 5.43. The molecule has 2 aliphatic rings. The molecule has 4 rings (SSSR count). The van der Waals surface area contributed by atoms with Gasteiger partial charge in [-0.15, -0.1) is 0 Å². The van der Waals surface area contributed by atoms with Gasteiger partial charge >= 0.3 is 0 Å². The van der Waals surface area contributed by atoms with E-state index in [2.05, 4.69) is 22.8 Å². The van der Waals surface area contributed by atoms with Gasteiger partial charge in [-0.25, -0.2) is 0 Å². The summed E-state index contributed by atoms with van der Waals surface area (Å²) in [5.41, 5.74) is 4.06. The predicted molar refractivity (Wildman–Crippen MR) is 96.4 cm³/mol. The quantitative estimate of drug-likeness (QED) is 0.833. The average molecular weight is 348 g/mol. The third-order valence-electron chi connectivity index (χ3n) is 5.20. The van der Waals surface area contributed by atoms with Crippen LogP contribution in [0.25, 0.3) is 0 Å². The minimum atomic E-state index is -0.308. The van der Waals surface area contributed by atoms with Gasteiger partial charge in [0.1, 0.15) is 0 Å². The second-order valence-electron chi connectivity index (χ2n) is 6.98. The number of fused-ring (bicyclic) bond motifs is 1. The van der Waals surface area contributed by atoms with Crippen LogP contribution in [-0.2, 0) is 22.4 Å². The lowest BCUT2D eigenvalue weighted by Crippen LogP contribution is -2.27. The summed E-state index contributed by atoms with van der Waals surface area (Å²) in [4.78, 5) is 35.5. The number of aryl methyl sites for hydroxylation is 1. The molecule has 0 radical (unpaired) electrons. The summed E-state index contributed by atoms with van der Waals surface area (Å²) >= 11 is 0. The van der Waals surface area contributed by atoms with Crippen LogP contribution in [0.4, 0.5) is 0 Å². The highest BCUT2D eigenvalue weighted by molar-refractivity contribution is 6.03. The molecule has 132 valence electrons. The maximum absolute atomic E-state index is 12.5. The number of imide groups is 1. The molecule has 0 spiro atoms. The van der Waals surface area contributed by atoms with E-state index in [0.29, 0.717) is 12.0 Å². The third kappa shape index (κ3) is 3.25. The first-order chi connectivity index (χ1) is 12.6. The lowest BCUT2D eigenvalue weighted by atomic mass is 9.97. The van der Waals surface area contributed by atoms with E-state index in [1.54, 1.807) is 12.1 Å². The maximum Gasteiger partial charge on any atom is 0.251 e. The molecule has 1 fully saturated rings. The normalized spacial score (nSPS) is 21.4. The molecule has 0 bridgehead atoms. The van der Waals surface area contributed by atoms with Crippen molar-refractivity contribution in [3.8, 4) is 0 Å². The molecule has 0 unspecified atom stereocenters. The Bertz CT molecular complexity index is 873. The van der Waals surface area contributed by atoms with Crippen LogP contribution in [0.2, 0.25) is 0 Å². The number of nitrogens with one attached hydrogen (secondary N) is 2.